The maximum atomic E-state index is 4.89. The van der Waals surface area contributed by atoms with Gasteiger partial charge in [0.05, 0.1) is 12.1 Å². The van der Waals surface area contributed by atoms with Crippen LogP contribution in [0.3, 0.4) is 0 Å². The van der Waals surface area contributed by atoms with E-state index in [1.807, 2.05) is 0 Å². The molecule has 56 valence electrons. The molecule has 0 aromatic rings. The van der Waals surface area contributed by atoms with Gasteiger partial charge in [0.25, 0.3) is 0 Å². The van der Waals surface area contributed by atoms with E-state index in [0.29, 0.717) is 0 Å². The van der Waals surface area contributed by atoms with E-state index in [4.69, 9.17) is 4.84 Å². The molecule has 0 N–H and O–H groups in total. The molecular weight excluding hydrogens is 126 g/mol. The Balaban J connectivity index is 2.69. The van der Waals surface area contributed by atoms with E-state index in [-0.39, 0.29) is 5.41 Å². The normalized spacial score (nSPS) is 18.7. The topological polar surface area (TPSA) is 21.6 Å². The summed E-state index contributed by atoms with van der Waals surface area (Å²) in [6.45, 7) is 10.0. The van der Waals surface area contributed by atoms with E-state index in [9.17, 15) is 0 Å². The first-order valence-corrected chi connectivity index (χ1v) is 3.42. The second kappa shape index (κ2) is 2.11. The molecule has 1 rings (SSSR count). The fraction of sp³-hybridized carbons (Fsp3) is 0.625. The van der Waals surface area contributed by atoms with Crippen molar-refractivity contribution in [2.24, 2.45) is 10.6 Å². The fourth-order valence-electron chi connectivity index (χ4n) is 0.773. The van der Waals surface area contributed by atoms with Gasteiger partial charge in [0.15, 0.2) is 0 Å². The summed E-state index contributed by atoms with van der Waals surface area (Å²) in [5.74, 6) is 0.755. The van der Waals surface area contributed by atoms with Crippen molar-refractivity contribution in [1.29, 1.82) is 0 Å². The first-order chi connectivity index (χ1) is 4.50. The second-order valence-electron chi connectivity index (χ2n) is 3.59. The lowest BCUT2D eigenvalue weighted by atomic mass is 9.88. The largest absolute Gasteiger partial charge is 0.362 e. The van der Waals surface area contributed by atoms with Crippen LogP contribution in [-0.4, -0.2) is 5.71 Å². The van der Waals surface area contributed by atoms with Crippen molar-refractivity contribution in [3.8, 4) is 0 Å². The molecule has 0 bridgehead atoms. The molecule has 0 spiro atoms. The minimum atomic E-state index is 0.124. The lowest BCUT2D eigenvalue weighted by Gasteiger charge is -2.15. The molecule has 1 aliphatic rings. The molecule has 0 saturated heterocycles. The van der Waals surface area contributed by atoms with Crippen molar-refractivity contribution in [2.75, 3.05) is 0 Å². The SMILES string of the molecule is C=C1CC(C(C)(C)C)=NO1. The summed E-state index contributed by atoms with van der Waals surface area (Å²) in [4.78, 5) is 4.89. The number of hydrogen-bond donors (Lipinski definition) is 0. The first kappa shape index (κ1) is 7.32. The van der Waals surface area contributed by atoms with Gasteiger partial charge < -0.3 is 4.84 Å². The van der Waals surface area contributed by atoms with Crippen molar-refractivity contribution in [3.05, 3.63) is 12.3 Å². The number of nitrogens with zero attached hydrogens (tertiary/aromatic N) is 1. The van der Waals surface area contributed by atoms with Gasteiger partial charge in [-0.05, 0) is 0 Å². The van der Waals surface area contributed by atoms with Crippen molar-refractivity contribution >= 4 is 5.71 Å². The molecule has 0 aliphatic carbocycles. The number of allylic oxidation sites excluding steroid dienone is 1. The Morgan fingerprint density at radius 2 is 2.10 bits per heavy atom. The third kappa shape index (κ3) is 1.38. The molecule has 0 atom stereocenters. The van der Waals surface area contributed by atoms with E-state index in [0.717, 1.165) is 17.9 Å². The zero-order chi connectivity index (χ0) is 7.78. The highest BCUT2D eigenvalue weighted by atomic mass is 16.6. The molecule has 10 heavy (non-hydrogen) atoms. The maximum Gasteiger partial charge on any atom is 0.133 e. The third-order valence-corrected chi connectivity index (χ3v) is 1.52. The van der Waals surface area contributed by atoms with Crippen LogP contribution >= 0.6 is 0 Å². The Morgan fingerprint density at radius 3 is 2.30 bits per heavy atom. The average molecular weight is 139 g/mol. The molecule has 2 nitrogen and oxygen atoms in total. The fourth-order valence-corrected chi connectivity index (χ4v) is 0.773. The van der Waals surface area contributed by atoms with Crippen LogP contribution in [0.5, 0.6) is 0 Å². The van der Waals surface area contributed by atoms with E-state index < -0.39 is 0 Å². The summed E-state index contributed by atoms with van der Waals surface area (Å²) in [6.07, 6.45) is 0.795. The first-order valence-electron chi connectivity index (χ1n) is 3.42. The maximum absolute atomic E-state index is 4.89. The Kier molecular flexibility index (Phi) is 1.55. The standard InChI is InChI=1S/C8H13NO/c1-6-5-7(9-10-6)8(2,3)4/h1,5H2,2-4H3. The quantitative estimate of drug-likeness (QED) is 0.504. The molecule has 1 aliphatic heterocycles. The van der Waals surface area contributed by atoms with Crippen LogP contribution in [0.4, 0.5) is 0 Å². The molecule has 0 radical (unpaired) electrons. The summed E-state index contributed by atoms with van der Waals surface area (Å²) in [5.41, 5.74) is 1.21. The van der Waals surface area contributed by atoms with Crippen LogP contribution in [0.2, 0.25) is 0 Å². The van der Waals surface area contributed by atoms with E-state index in [1.54, 1.807) is 0 Å². The van der Waals surface area contributed by atoms with Gasteiger partial charge in [-0.15, -0.1) is 0 Å². The molecule has 0 saturated carbocycles. The predicted octanol–water partition coefficient (Wildman–Crippen LogP) is 2.32. The van der Waals surface area contributed by atoms with Gasteiger partial charge in [-0.1, -0.05) is 32.5 Å². The average Bonchev–Trinajstić information content (AvgIpc) is 2.11. The van der Waals surface area contributed by atoms with Gasteiger partial charge in [0, 0.05) is 5.41 Å². The smallest absolute Gasteiger partial charge is 0.133 e. The summed E-state index contributed by atoms with van der Waals surface area (Å²) in [6, 6.07) is 0. The number of hydrogen-bond acceptors (Lipinski definition) is 2. The molecule has 0 aromatic carbocycles. The zero-order valence-electron chi connectivity index (χ0n) is 6.77. The Morgan fingerprint density at radius 1 is 1.50 bits per heavy atom. The summed E-state index contributed by atoms with van der Waals surface area (Å²) in [7, 11) is 0. The zero-order valence-corrected chi connectivity index (χ0v) is 6.77. The van der Waals surface area contributed by atoms with Crippen LogP contribution in [0, 0.1) is 5.41 Å². The van der Waals surface area contributed by atoms with Crippen molar-refractivity contribution in [2.45, 2.75) is 27.2 Å². The van der Waals surface area contributed by atoms with Crippen molar-refractivity contribution < 1.29 is 4.84 Å². The van der Waals surface area contributed by atoms with Crippen LogP contribution in [-0.2, 0) is 4.84 Å². The van der Waals surface area contributed by atoms with E-state index in [1.165, 1.54) is 0 Å². The molecule has 0 aromatic heterocycles. The Hall–Kier alpha value is -0.790. The monoisotopic (exact) mass is 139 g/mol. The molecule has 0 amide bonds. The van der Waals surface area contributed by atoms with Gasteiger partial charge >= 0.3 is 0 Å². The van der Waals surface area contributed by atoms with Gasteiger partial charge in [0.2, 0.25) is 0 Å². The molecule has 1 heterocycles. The highest BCUT2D eigenvalue weighted by molar-refractivity contribution is 5.91. The van der Waals surface area contributed by atoms with Gasteiger partial charge in [-0.2, -0.15) is 0 Å². The van der Waals surface area contributed by atoms with Crippen molar-refractivity contribution in [1.82, 2.24) is 0 Å². The summed E-state index contributed by atoms with van der Waals surface area (Å²) < 4.78 is 0. The minimum absolute atomic E-state index is 0.124. The molecule has 0 fully saturated rings. The highest BCUT2D eigenvalue weighted by Gasteiger charge is 2.24. The Labute approximate surface area is 61.6 Å². The van der Waals surface area contributed by atoms with Gasteiger partial charge in [0.1, 0.15) is 5.76 Å². The van der Waals surface area contributed by atoms with Crippen LogP contribution in [0.25, 0.3) is 0 Å². The number of rotatable bonds is 0. The highest BCUT2D eigenvalue weighted by Crippen LogP contribution is 2.25. The predicted molar refractivity (Wildman–Crippen MR) is 41.7 cm³/mol. The van der Waals surface area contributed by atoms with Crippen LogP contribution in [0.15, 0.2) is 17.5 Å². The third-order valence-electron chi connectivity index (χ3n) is 1.52. The number of oxime groups is 1. The van der Waals surface area contributed by atoms with Crippen LogP contribution < -0.4 is 0 Å². The lowest BCUT2D eigenvalue weighted by Crippen LogP contribution is -2.17. The van der Waals surface area contributed by atoms with Gasteiger partial charge in [-0.3, -0.25) is 0 Å². The van der Waals surface area contributed by atoms with E-state index >= 15 is 0 Å². The Bertz CT molecular complexity index is 186. The van der Waals surface area contributed by atoms with Crippen LogP contribution in [0.1, 0.15) is 27.2 Å². The van der Waals surface area contributed by atoms with Gasteiger partial charge in [-0.25, -0.2) is 0 Å². The lowest BCUT2D eigenvalue weighted by molar-refractivity contribution is 0.245. The molecule has 0 unspecified atom stereocenters. The molecular formula is C8H13NO. The summed E-state index contributed by atoms with van der Waals surface area (Å²) in [5, 5.41) is 3.91. The summed E-state index contributed by atoms with van der Waals surface area (Å²) >= 11 is 0. The second-order valence-corrected chi connectivity index (χ2v) is 3.59. The molecule has 2 heteroatoms. The minimum Gasteiger partial charge on any atom is -0.362 e. The van der Waals surface area contributed by atoms with E-state index in [2.05, 4.69) is 32.5 Å². The van der Waals surface area contributed by atoms with Crippen molar-refractivity contribution in [3.63, 3.8) is 0 Å².